The number of hydrogen-bond donors (Lipinski definition) is 3. The van der Waals surface area contributed by atoms with Crippen molar-refractivity contribution >= 4 is 39.5 Å². The number of phosphoric acid groups is 2. The number of carbonyl (C=O) groups excluding carboxylic acids is 4. The summed E-state index contributed by atoms with van der Waals surface area (Å²) in [6.07, 6.45) is 55.4. The summed E-state index contributed by atoms with van der Waals surface area (Å²) in [4.78, 5) is 72.9. The molecule has 0 aliphatic carbocycles. The molecular formula is C78H152O17P2. The maximum atomic E-state index is 13.1. The van der Waals surface area contributed by atoms with Gasteiger partial charge in [0, 0.05) is 25.7 Å². The van der Waals surface area contributed by atoms with Crippen molar-refractivity contribution in [1.82, 2.24) is 0 Å². The molecule has 0 amide bonds. The van der Waals surface area contributed by atoms with Crippen LogP contribution in [0.3, 0.4) is 0 Å². The lowest BCUT2D eigenvalue weighted by molar-refractivity contribution is -0.161. The van der Waals surface area contributed by atoms with Crippen molar-refractivity contribution in [3.05, 3.63) is 0 Å². The second kappa shape index (κ2) is 68.5. The zero-order valence-corrected chi connectivity index (χ0v) is 65.3. The molecule has 97 heavy (non-hydrogen) atoms. The number of aliphatic hydroxyl groups excluding tert-OH is 1. The minimum atomic E-state index is -4.96. The Kier molecular flexibility index (Phi) is 67.1. The fourth-order valence-corrected chi connectivity index (χ4v) is 13.5. The number of ether oxygens (including phenoxy) is 4. The van der Waals surface area contributed by atoms with Crippen LogP contribution in [0.25, 0.3) is 0 Å². The molecule has 576 valence electrons. The summed E-state index contributed by atoms with van der Waals surface area (Å²) in [7, 11) is -9.92. The third-order valence-electron chi connectivity index (χ3n) is 18.1. The van der Waals surface area contributed by atoms with E-state index in [-0.39, 0.29) is 25.7 Å². The minimum absolute atomic E-state index is 0.106. The fraction of sp³-hybridized carbons (Fsp3) is 0.949. The van der Waals surface area contributed by atoms with Crippen LogP contribution in [0.1, 0.15) is 402 Å². The Morgan fingerprint density at radius 2 is 0.474 bits per heavy atom. The molecule has 2 unspecified atom stereocenters. The first-order valence-corrected chi connectivity index (χ1v) is 43.3. The summed E-state index contributed by atoms with van der Waals surface area (Å²) in [5.74, 6) is 0.238. The van der Waals surface area contributed by atoms with Gasteiger partial charge in [-0.15, -0.1) is 0 Å². The highest BCUT2D eigenvalue weighted by Crippen LogP contribution is 2.45. The molecule has 3 N–H and O–H groups in total. The zero-order valence-electron chi connectivity index (χ0n) is 63.5. The van der Waals surface area contributed by atoms with E-state index in [0.29, 0.717) is 25.7 Å². The predicted molar refractivity (Wildman–Crippen MR) is 395 cm³/mol. The van der Waals surface area contributed by atoms with E-state index >= 15 is 0 Å². The molecule has 0 heterocycles. The number of aliphatic hydroxyl groups is 1. The van der Waals surface area contributed by atoms with Crippen molar-refractivity contribution in [2.24, 2.45) is 17.8 Å². The first-order valence-electron chi connectivity index (χ1n) is 40.3. The molecule has 0 aromatic rings. The van der Waals surface area contributed by atoms with Gasteiger partial charge in [0.2, 0.25) is 0 Å². The predicted octanol–water partition coefficient (Wildman–Crippen LogP) is 23.0. The summed E-state index contributed by atoms with van der Waals surface area (Å²) >= 11 is 0. The van der Waals surface area contributed by atoms with Gasteiger partial charge in [-0.3, -0.25) is 37.3 Å². The van der Waals surface area contributed by atoms with Gasteiger partial charge >= 0.3 is 39.5 Å². The van der Waals surface area contributed by atoms with E-state index in [1.807, 2.05) is 0 Å². The van der Waals surface area contributed by atoms with E-state index in [9.17, 15) is 43.2 Å². The van der Waals surface area contributed by atoms with Gasteiger partial charge in [-0.2, -0.15) is 0 Å². The van der Waals surface area contributed by atoms with Crippen LogP contribution < -0.4 is 0 Å². The molecule has 0 bridgehead atoms. The highest BCUT2D eigenvalue weighted by molar-refractivity contribution is 7.47. The molecule has 0 radical (unpaired) electrons. The van der Waals surface area contributed by atoms with Gasteiger partial charge < -0.3 is 33.8 Å². The lowest BCUT2D eigenvalue weighted by Crippen LogP contribution is -2.30. The van der Waals surface area contributed by atoms with Gasteiger partial charge in [-0.25, -0.2) is 9.13 Å². The van der Waals surface area contributed by atoms with Crippen LogP contribution in [0.2, 0.25) is 0 Å². The number of phosphoric ester groups is 2. The first kappa shape index (κ1) is 95.1. The molecule has 0 rings (SSSR count). The SMILES string of the molecule is CCCCCCCCCCCCC(=O)OC[C@H](COP(=O)(O)OC[C@H](O)COP(=O)(O)OC[C@@H](COC(=O)CCCCCCCCCCCCCCCC(C)C)OC(=O)CCCCCCCCCCCCCCCCC(C)C)OC(=O)CCCCCCCCCCCCCC(C)C. The van der Waals surface area contributed by atoms with Crippen LogP contribution in [0.5, 0.6) is 0 Å². The minimum Gasteiger partial charge on any atom is -0.462 e. The van der Waals surface area contributed by atoms with Crippen molar-refractivity contribution in [3.63, 3.8) is 0 Å². The second-order valence-corrected chi connectivity index (χ2v) is 32.4. The van der Waals surface area contributed by atoms with Gasteiger partial charge in [0.1, 0.15) is 19.3 Å². The van der Waals surface area contributed by atoms with Gasteiger partial charge in [-0.05, 0) is 43.4 Å². The van der Waals surface area contributed by atoms with Crippen LogP contribution in [0.15, 0.2) is 0 Å². The van der Waals surface area contributed by atoms with Gasteiger partial charge in [0.15, 0.2) is 12.2 Å². The van der Waals surface area contributed by atoms with Gasteiger partial charge in [0.25, 0.3) is 0 Å². The number of esters is 4. The largest absolute Gasteiger partial charge is 0.472 e. The molecule has 0 aromatic heterocycles. The Labute approximate surface area is 594 Å². The third-order valence-corrected chi connectivity index (χ3v) is 20.0. The first-order chi connectivity index (χ1) is 46.7. The van der Waals surface area contributed by atoms with Crippen LogP contribution in [0, 0.1) is 17.8 Å². The lowest BCUT2D eigenvalue weighted by Gasteiger charge is -2.21. The van der Waals surface area contributed by atoms with E-state index in [4.69, 9.17) is 37.0 Å². The fourth-order valence-electron chi connectivity index (χ4n) is 12.0. The summed E-state index contributed by atoms with van der Waals surface area (Å²) in [5.41, 5.74) is 0. The number of hydrogen-bond acceptors (Lipinski definition) is 15. The van der Waals surface area contributed by atoms with Crippen molar-refractivity contribution < 1.29 is 80.2 Å². The number of carbonyl (C=O) groups is 4. The molecule has 0 aromatic carbocycles. The van der Waals surface area contributed by atoms with Crippen molar-refractivity contribution in [2.75, 3.05) is 39.6 Å². The van der Waals surface area contributed by atoms with E-state index in [1.54, 1.807) is 0 Å². The van der Waals surface area contributed by atoms with E-state index in [2.05, 4.69) is 48.5 Å². The molecule has 0 saturated heterocycles. The highest BCUT2D eigenvalue weighted by Gasteiger charge is 2.30. The number of unbranched alkanes of at least 4 members (excludes halogenated alkanes) is 44. The maximum Gasteiger partial charge on any atom is 0.472 e. The third kappa shape index (κ3) is 72.2. The van der Waals surface area contributed by atoms with Crippen molar-refractivity contribution in [1.29, 1.82) is 0 Å². The molecule has 19 heteroatoms. The summed E-state index contributed by atoms with van der Waals surface area (Å²) in [5, 5.41) is 10.6. The Hall–Kier alpha value is -1.94. The van der Waals surface area contributed by atoms with E-state index in [1.165, 1.54) is 212 Å². The molecule has 0 fully saturated rings. The van der Waals surface area contributed by atoms with Crippen molar-refractivity contribution in [3.8, 4) is 0 Å². The lowest BCUT2D eigenvalue weighted by atomic mass is 10.0. The Bertz CT molecular complexity index is 1890. The summed E-state index contributed by atoms with van der Waals surface area (Å²) in [6.45, 7) is 12.0. The Morgan fingerprint density at radius 1 is 0.278 bits per heavy atom. The molecule has 17 nitrogen and oxygen atoms in total. The summed E-state index contributed by atoms with van der Waals surface area (Å²) < 4.78 is 68.6. The number of rotatable bonds is 76. The zero-order chi connectivity index (χ0) is 71.6. The monoisotopic (exact) mass is 1420 g/mol. The Morgan fingerprint density at radius 3 is 0.701 bits per heavy atom. The highest BCUT2D eigenvalue weighted by atomic mass is 31.2. The quantitative estimate of drug-likeness (QED) is 0.0222. The van der Waals surface area contributed by atoms with Gasteiger partial charge in [-0.1, -0.05) is 350 Å². The topological polar surface area (TPSA) is 237 Å². The van der Waals surface area contributed by atoms with Gasteiger partial charge in [0.05, 0.1) is 26.4 Å². The molecule has 0 saturated carbocycles. The maximum absolute atomic E-state index is 13.1. The van der Waals surface area contributed by atoms with Crippen LogP contribution >= 0.6 is 15.6 Å². The van der Waals surface area contributed by atoms with E-state index < -0.39 is 97.5 Å². The standard InChI is InChI=1S/C78H152O17P2/c1-8-9-10-11-12-13-31-38-45-52-59-75(80)88-65-73(95-78(83)62-55-48-41-34-27-21-24-30-37-44-51-58-71(6)7)67-92-96(84,85)90-63-72(79)64-91-97(86,87)93-68-74(66-89-76(81)60-53-46-39-32-25-20-16-18-23-29-36-43-50-57-70(4)5)94-77(82)61-54-47-40-33-26-19-15-14-17-22-28-35-42-49-56-69(2)3/h69-74,79H,8-68H2,1-7H3,(H,84,85)(H,86,87)/t72-,73+,74+/m0/s1. The molecule has 5 atom stereocenters. The molecule has 0 spiro atoms. The molecule has 0 aliphatic heterocycles. The van der Waals surface area contributed by atoms with Crippen LogP contribution in [-0.4, -0.2) is 96.7 Å². The van der Waals surface area contributed by atoms with Crippen LogP contribution in [-0.2, 0) is 65.4 Å². The average Bonchev–Trinajstić information content (AvgIpc) is 1.56. The molecule has 0 aliphatic rings. The van der Waals surface area contributed by atoms with Crippen LogP contribution in [0.4, 0.5) is 0 Å². The van der Waals surface area contributed by atoms with Crippen molar-refractivity contribution in [2.45, 2.75) is 420 Å². The normalized spacial score (nSPS) is 14.0. The smallest absolute Gasteiger partial charge is 0.462 e. The average molecular weight is 1420 g/mol. The molecular weight excluding hydrogens is 1270 g/mol. The second-order valence-electron chi connectivity index (χ2n) is 29.5. The Balaban J connectivity index is 5.25. The summed E-state index contributed by atoms with van der Waals surface area (Å²) in [6, 6.07) is 0. The van der Waals surface area contributed by atoms with E-state index in [0.717, 1.165) is 108 Å².